The summed E-state index contributed by atoms with van der Waals surface area (Å²) in [6, 6.07) is 4.48. The number of rotatable bonds is 4. The summed E-state index contributed by atoms with van der Waals surface area (Å²) in [5.74, 6) is -0.0350. The Balaban J connectivity index is 2.19. The first kappa shape index (κ1) is 15.3. The van der Waals surface area contributed by atoms with Gasteiger partial charge in [-0.3, -0.25) is 10.1 Å². The molecule has 1 saturated carbocycles. The number of nitro groups is 1. The van der Waals surface area contributed by atoms with E-state index in [0.717, 1.165) is 12.8 Å². The summed E-state index contributed by atoms with van der Waals surface area (Å²) < 4.78 is 0. The Labute approximate surface area is 123 Å². The van der Waals surface area contributed by atoms with E-state index in [1.165, 1.54) is 18.6 Å². The second kappa shape index (κ2) is 6.11. The van der Waals surface area contributed by atoms with Crippen molar-refractivity contribution in [3.8, 4) is 0 Å². The van der Waals surface area contributed by atoms with Crippen LogP contribution in [0.4, 0.5) is 11.4 Å². The van der Waals surface area contributed by atoms with E-state index >= 15 is 0 Å². The molecule has 6 heteroatoms. The van der Waals surface area contributed by atoms with Gasteiger partial charge in [0.15, 0.2) is 0 Å². The maximum absolute atomic E-state index is 11.0. The zero-order valence-electron chi connectivity index (χ0n) is 12.2. The lowest BCUT2D eigenvalue weighted by Gasteiger charge is -2.32. The minimum absolute atomic E-state index is 0.277. The molecule has 0 aromatic heterocycles. The Hall–Kier alpha value is -2.11. The van der Waals surface area contributed by atoms with E-state index in [0.29, 0.717) is 17.5 Å². The molecule has 0 spiro atoms. The number of aromatic carboxylic acids is 1. The maximum atomic E-state index is 11.0. The van der Waals surface area contributed by atoms with E-state index in [2.05, 4.69) is 19.2 Å². The Bertz CT molecular complexity index is 549. The molecule has 2 unspecified atom stereocenters. The van der Waals surface area contributed by atoms with Crippen LogP contribution in [0.5, 0.6) is 0 Å². The van der Waals surface area contributed by atoms with Crippen molar-refractivity contribution in [3.63, 3.8) is 0 Å². The first-order valence-electron chi connectivity index (χ1n) is 7.15. The average Bonchev–Trinajstić information content (AvgIpc) is 2.36. The number of carboxylic acid groups (broad SMARTS) is 1. The number of nitro benzene ring substituents is 1. The van der Waals surface area contributed by atoms with Crippen LogP contribution in [-0.4, -0.2) is 22.0 Å². The van der Waals surface area contributed by atoms with Gasteiger partial charge in [0.25, 0.3) is 5.69 Å². The van der Waals surface area contributed by atoms with E-state index < -0.39 is 10.9 Å². The van der Waals surface area contributed by atoms with Crippen LogP contribution in [-0.2, 0) is 0 Å². The molecular formula is C15H20N2O4. The zero-order valence-corrected chi connectivity index (χ0v) is 12.2. The van der Waals surface area contributed by atoms with Crippen molar-refractivity contribution < 1.29 is 14.8 Å². The van der Waals surface area contributed by atoms with Gasteiger partial charge >= 0.3 is 5.97 Å². The molecule has 1 fully saturated rings. The Morgan fingerprint density at radius 1 is 1.29 bits per heavy atom. The van der Waals surface area contributed by atoms with Crippen molar-refractivity contribution in [1.82, 2.24) is 0 Å². The fourth-order valence-corrected chi connectivity index (χ4v) is 3.25. The molecule has 2 N–H and O–H groups in total. The molecule has 1 aliphatic rings. The van der Waals surface area contributed by atoms with Crippen molar-refractivity contribution in [2.45, 2.75) is 39.2 Å². The molecule has 114 valence electrons. The number of carbonyl (C=O) groups is 1. The van der Waals surface area contributed by atoms with Crippen LogP contribution in [0.15, 0.2) is 18.2 Å². The molecular weight excluding hydrogens is 272 g/mol. The molecule has 1 aromatic rings. The molecule has 0 radical (unpaired) electrons. The molecule has 0 bridgehead atoms. The van der Waals surface area contributed by atoms with E-state index in [9.17, 15) is 14.9 Å². The van der Waals surface area contributed by atoms with Gasteiger partial charge in [0, 0.05) is 17.8 Å². The smallest absolute Gasteiger partial charge is 0.342 e. The summed E-state index contributed by atoms with van der Waals surface area (Å²) in [6.45, 7) is 4.42. The van der Waals surface area contributed by atoms with Crippen LogP contribution < -0.4 is 5.32 Å². The third kappa shape index (κ3) is 3.71. The molecule has 2 atom stereocenters. The second-order valence-electron chi connectivity index (χ2n) is 6.05. The first-order chi connectivity index (χ1) is 9.86. The molecule has 0 aliphatic heterocycles. The van der Waals surface area contributed by atoms with Crippen molar-refractivity contribution in [2.24, 2.45) is 11.8 Å². The largest absolute Gasteiger partial charge is 0.477 e. The number of benzene rings is 1. The van der Waals surface area contributed by atoms with Crippen LogP contribution in [0, 0.1) is 22.0 Å². The van der Waals surface area contributed by atoms with Crippen molar-refractivity contribution in [3.05, 3.63) is 33.9 Å². The highest BCUT2D eigenvalue weighted by molar-refractivity contribution is 5.93. The van der Waals surface area contributed by atoms with Gasteiger partial charge in [0.1, 0.15) is 5.56 Å². The maximum Gasteiger partial charge on any atom is 0.342 e. The van der Waals surface area contributed by atoms with E-state index in [1.54, 1.807) is 6.07 Å². The normalized spacial score (nSPS) is 25.3. The summed E-state index contributed by atoms with van der Waals surface area (Å²) in [6.07, 6.45) is 3.26. The van der Waals surface area contributed by atoms with Gasteiger partial charge in [0.05, 0.1) is 4.92 Å². The third-order valence-electron chi connectivity index (χ3n) is 3.97. The van der Waals surface area contributed by atoms with Gasteiger partial charge in [-0.25, -0.2) is 4.79 Å². The molecule has 0 saturated heterocycles. The van der Waals surface area contributed by atoms with Crippen LogP contribution >= 0.6 is 0 Å². The standard InChI is InChI=1S/C15H20N2O4/c1-9-5-10(2)7-12(6-9)16-11-3-4-13(15(18)19)14(8-11)17(20)21/h3-4,8-10,12,16H,5-7H2,1-2H3,(H,18,19). The van der Waals surface area contributed by atoms with E-state index in [4.69, 9.17) is 5.11 Å². The Morgan fingerprint density at radius 2 is 1.90 bits per heavy atom. The Morgan fingerprint density at radius 3 is 2.43 bits per heavy atom. The van der Waals surface area contributed by atoms with Crippen LogP contribution in [0.2, 0.25) is 0 Å². The molecule has 6 nitrogen and oxygen atoms in total. The second-order valence-corrected chi connectivity index (χ2v) is 6.05. The fraction of sp³-hybridized carbons (Fsp3) is 0.533. The number of anilines is 1. The number of hydrogen-bond acceptors (Lipinski definition) is 4. The predicted molar refractivity (Wildman–Crippen MR) is 79.6 cm³/mol. The molecule has 0 heterocycles. The summed E-state index contributed by atoms with van der Waals surface area (Å²) in [7, 11) is 0. The van der Waals surface area contributed by atoms with E-state index in [-0.39, 0.29) is 17.3 Å². The minimum Gasteiger partial charge on any atom is -0.477 e. The molecule has 1 aliphatic carbocycles. The van der Waals surface area contributed by atoms with Crippen molar-refractivity contribution >= 4 is 17.3 Å². The van der Waals surface area contributed by atoms with Crippen LogP contribution in [0.25, 0.3) is 0 Å². The Kier molecular flexibility index (Phi) is 4.45. The fourth-order valence-electron chi connectivity index (χ4n) is 3.25. The highest BCUT2D eigenvalue weighted by atomic mass is 16.6. The number of nitrogens with one attached hydrogen (secondary N) is 1. The molecule has 2 rings (SSSR count). The minimum atomic E-state index is -1.28. The van der Waals surface area contributed by atoms with Gasteiger partial charge < -0.3 is 10.4 Å². The zero-order chi connectivity index (χ0) is 15.6. The van der Waals surface area contributed by atoms with Gasteiger partial charge in [-0.05, 0) is 43.2 Å². The lowest BCUT2D eigenvalue weighted by atomic mass is 9.80. The highest BCUT2D eigenvalue weighted by Gasteiger charge is 2.25. The highest BCUT2D eigenvalue weighted by Crippen LogP contribution is 2.31. The van der Waals surface area contributed by atoms with Gasteiger partial charge in [-0.2, -0.15) is 0 Å². The summed E-state index contributed by atoms with van der Waals surface area (Å²) >= 11 is 0. The van der Waals surface area contributed by atoms with Crippen molar-refractivity contribution in [2.75, 3.05) is 5.32 Å². The predicted octanol–water partition coefficient (Wildman–Crippen LogP) is 3.53. The van der Waals surface area contributed by atoms with E-state index in [1.807, 2.05) is 0 Å². The molecule has 21 heavy (non-hydrogen) atoms. The average molecular weight is 292 g/mol. The van der Waals surface area contributed by atoms with Crippen molar-refractivity contribution in [1.29, 1.82) is 0 Å². The lowest BCUT2D eigenvalue weighted by molar-refractivity contribution is -0.385. The first-order valence-corrected chi connectivity index (χ1v) is 7.15. The van der Waals surface area contributed by atoms with Crippen LogP contribution in [0.3, 0.4) is 0 Å². The lowest BCUT2D eigenvalue weighted by Crippen LogP contribution is -2.30. The van der Waals surface area contributed by atoms with Gasteiger partial charge in [-0.1, -0.05) is 13.8 Å². The quantitative estimate of drug-likeness (QED) is 0.654. The summed E-state index contributed by atoms with van der Waals surface area (Å²) in [5, 5.41) is 23.3. The monoisotopic (exact) mass is 292 g/mol. The van der Waals surface area contributed by atoms with Gasteiger partial charge in [0.2, 0.25) is 0 Å². The SMILES string of the molecule is CC1CC(C)CC(Nc2ccc(C(=O)O)c([N+](=O)[O-])c2)C1. The molecule has 1 aromatic carbocycles. The van der Waals surface area contributed by atoms with Gasteiger partial charge in [-0.15, -0.1) is 0 Å². The number of hydrogen-bond donors (Lipinski definition) is 2. The third-order valence-corrected chi connectivity index (χ3v) is 3.97. The molecule has 0 amide bonds. The topological polar surface area (TPSA) is 92.5 Å². The number of carboxylic acids is 1. The summed E-state index contributed by atoms with van der Waals surface area (Å²) in [4.78, 5) is 21.3. The number of nitrogens with zero attached hydrogens (tertiary/aromatic N) is 1. The summed E-state index contributed by atoms with van der Waals surface area (Å²) in [5.41, 5.74) is -0.0432. The van der Waals surface area contributed by atoms with Crippen LogP contribution in [0.1, 0.15) is 43.5 Å².